The quantitative estimate of drug-likeness (QED) is 0.322. The molecule has 30 heavy (non-hydrogen) atoms. The summed E-state index contributed by atoms with van der Waals surface area (Å²) in [7, 11) is 3.13. The van der Waals surface area contributed by atoms with E-state index in [4.69, 9.17) is 9.47 Å². The maximum atomic E-state index is 12.4. The van der Waals surface area contributed by atoms with E-state index in [-0.39, 0.29) is 17.2 Å². The molecule has 0 aliphatic carbocycles. The predicted octanol–water partition coefficient (Wildman–Crippen LogP) is 2.70. The molecule has 3 N–H and O–H groups in total. The van der Waals surface area contributed by atoms with Crippen LogP contribution in [0.4, 0.5) is 5.95 Å². The normalized spacial score (nSPS) is 11.1. The number of benzene rings is 2. The minimum absolute atomic E-state index is 0.159. The number of para-hydroxylation sites is 1. The highest BCUT2D eigenvalue weighted by Crippen LogP contribution is 2.28. The van der Waals surface area contributed by atoms with Crippen LogP contribution in [0.2, 0.25) is 0 Å². The Balaban J connectivity index is 1.46. The largest absolute Gasteiger partial charge is 0.493 e. The summed E-state index contributed by atoms with van der Waals surface area (Å²) in [6.07, 6.45) is 3.81. The fourth-order valence-corrected chi connectivity index (χ4v) is 3.07. The van der Waals surface area contributed by atoms with E-state index in [1.54, 1.807) is 32.6 Å². The Kier molecular flexibility index (Phi) is 5.42. The summed E-state index contributed by atoms with van der Waals surface area (Å²) in [5, 5.41) is 13.2. The smallest absolute Gasteiger partial charge is 0.274 e. The lowest BCUT2D eigenvalue weighted by atomic mass is 10.1. The van der Waals surface area contributed by atoms with Crippen LogP contribution in [-0.4, -0.2) is 40.6 Å². The molecule has 0 saturated carbocycles. The van der Waals surface area contributed by atoms with Gasteiger partial charge in [-0.25, -0.2) is 5.43 Å². The Morgan fingerprint density at radius 2 is 1.93 bits per heavy atom. The standard InChI is InChI=1S/C21H20N6O3/c1-29-18-8-7-13(10-19(18)30-2)9-17-20(28)24-21(27-25-17)26-23-12-14-11-22-16-6-4-3-5-15(14)16/h3-8,10-12,22H,9H2,1-2H3,(H2,24,26,27,28). The Morgan fingerprint density at radius 1 is 1.10 bits per heavy atom. The molecular formula is C21H20N6O3. The van der Waals surface area contributed by atoms with Gasteiger partial charge in [0.2, 0.25) is 5.95 Å². The Morgan fingerprint density at radius 3 is 2.73 bits per heavy atom. The van der Waals surface area contributed by atoms with Crippen LogP contribution >= 0.6 is 0 Å². The molecular weight excluding hydrogens is 384 g/mol. The molecule has 0 bridgehead atoms. The number of methoxy groups -OCH3 is 2. The van der Waals surface area contributed by atoms with Crippen LogP contribution in [0.5, 0.6) is 11.5 Å². The lowest BCUT2D eigenvalue weighted by Crippen LogP contribution is -2.18. The number of hydrogen-bond donors (Lipinski definition) is 3. The number of nitrogens with one attached hydrogen (secondary N) is 3. The van der Waals surface area contributed by atoms with Crippen molar-refractivity contribution < 1.29 is 9.47 Å². The highest BCUT2D eigenvalue weighted by molar-refractivity contribution is 5.99. The van der Waals surface area contributed by atoms with Gasteiger partial charge in [-0.15, -0.1) is 10.2 Å². The fourth-order valence-electron chi connectivity index (χ4n) is 3.07. The van der Waals surface area contributed by atoms with Crippen LogP contribution in [-0.2, 0) is 6.42 Å². The van der Waals surface area contributed by atoms with Gasteiger partial charge in [-0.3, -0.25) is 9.78 Å². The first-order valence-electron chi connectivity index (χ1n) is 9.20. The summed E-state index contributed by atoms with van der Waals surface area (Å²) in [6, 6.07) is 13.3. The monoisotopic (exact) mass is 404 g/mol. The van der Waals surface area contributed by atoms with Gasteiger partial charge in [-0.2, -0.15) is 5.10 Å². The molecule has 0 atom stereocenters. The summed E-state index contributed by atoms with van der Waals surface area (Å²) in [6.45, 7) is 0. The number of hydrogen-bond acceptors (Lipinski definition) is 7. The molecule has 0 aliphatic rings. The van der Waals surface area contributed by atoms with Crippen molar-refractivity contribution in [2.75, 3.05) is 19.6 Å². The van der Waals surface area contributed by atoms with Crippen LogP contribution < -0.4 is 20.5 Å². The maximum Gasteiger partial charge on any atom is 0.274 e. The van der Waals surface area contributed by atoms with E-state index in [2.05, 4.69) is 30.7 Å². The minimum atomic E-state index is -0.343. The lowest BCUT2D eigenvalue weighted by Gasteiger charge is -2.09. The summed E-state index contributed by atoms with van der Waals surface area (Å²) >= 11 is 0. The topological polar surface area (TPSA) is 117 Å². The average molecular weight is 404 g/mol. The Labute approximate surface area is 171 Å². The molecule has 2 aromatic carbocycles. The molecule has 0 unspecified atom stereocenters. The number of H-pyrrole nitrogens is 2. The van der Waals surface area contributed by atoms with Crippen molar-refractivity contribution in [3.05, 3.63) is 75.8 Å². The van der Waals surface area contributed by atoms with Gasteiger partial charge in [0.15, 0.2) is 11.5 Å². The molecule has 2 heterocycles. The zero-order valence-corrected chi connectivity index (χ0v) is 16.5. The second kappa shape index (κ2) is 8.48. The van der Waals surface area contributed by atoms with Crippen molar-refractivity contribution in [3.63, 3.8) is 0 Å². The van der Waals surface area contributed by atoms with E-state index >= 15 is 0 Å². The third kappa shape index (κ3) is 4.00. The average Bonchev–Trinajstić information content (AvgIpc) is 3.18. The molecule has 9 heteroatoms. The summed E-state index contributed by atoms with van der Waals surface area (Å²) in [4.78, 5) is 18.2. The van der Waals surface area contributed by atoms with Gasteiger partial charge in [0.05, 0.1) is 20.4 Å². The maximum absolute atomic E-state index is 12.4. The van der Waals surface area contributed by atoms with E-state index < -0.39 is 0 Å². The van der Waals surface area contributed by atoms with Gasteiger partial charge in [0, 0.05) is 29.1 Å². The molecule has 152 valence electrons. The van der Waals surface area contributed by atoms with Crippen molar-refractivity contribution in [1.29, 1.82) is 0 Å². The third-order valence-electron chi connectivity index (χ3n) is 4.58. The predicted molar refractivity (Wildman–Crippen MR) is 115 cm³/mol. The van der Waals surface area contributed by atoms with E-state index in [0.29, 0.717) is 17.9 Å². The van der Waals surface area contributed by atoms with Gasteiger partial charge in [-0.05, 0) is 23.8 Å². The van der Waals surface area contributed by atoms with Crippen molar-refractivity contribution in [3.8, 4) is 11.5 Å². The number of fused-ring (bicyclic) bond motifs is 1. The van der Waals surface area contributed by atoms with E-state index in [9.17, 15) is 4.79 Å². The first kappa shape index (κ1) is 19.2. The first-order chi connectivity index (χ1) is 14.7. The summed E-state index contributed by atoms with van der Waals surface area (Å²) < 4.78 is 10.5. The van der Waals surface area contributed by atoms with Gasteiger partial charge in [0.25, 0.3) is 5.56 Å². The van der Waals surface area contributed by atoms with Crippen LogP contribution in [0, 0.1) is 0 Å². The van der Waals surface area contributed by atoms with Gasteiger partial charge in [-0.1, -0.05) is 24.3 Å². The number of nitrogens with zero attached hydrogens (tertiary/aromatic N) is 3. The van der Waals surface area contributed by atoms with Crippen molar-refractivity contribution >= 4 is 23.1 Å². The Bertz CT molecular complexity index is 1260. The minimum Gasteiger partial charge on any atom is -0.493 e. The molecule has 0 radical (unpaired) electrons. The Hall–Kier alpha value is -4.14. The number of hydrazone groups is 1. The number of aromatic amines is 2. The zero-order valence-electron chi connectivity index (χ0n) is 16.5. The van der Waals surface area contributed by atoms with Crippen molar-refractivity contribution in [2.45, 2.75) is 6.42 Å². The SMILES string of the molecule is COc1ccc(Cc2nnc(NN=Cc3c[nH]c4ccccc34)[nH]c2=O)cc1OC. The molecule has 0 spiro atoms. The van der Waals surface area contributed by atoms with Gasteiger partial charge in [0.1, 0.15) is 5.69 Å². The molecule has 4 rings (SSSR count). The number of anilines is 1. The van der Waals surface area contributed by atoms with E-state index in [1.807, 2.05) is 36.5 Å². The van der Waals surface area contributed by atoms with Crippen LogP contribution in [0.25, 0.3) is 10.9 Å². The van der Waals surface area contributed by atoms with E-state index in [1.165, 1.54) is 0 Å². The molecule has 0 fully saturated rings. The molecule has 0 aliphatic heterocycles. The molecule has 2 aromatic heterocycles. The first-order valence-corrected chi connectivity index (χ1v) is 9.20. The van der Waals surface area contributed by atoms with Crippen molar-refractivity contribution in [1.82, 2.24) is 20.2 Å². The van der Waals surface area contributed by atoms with Crippen LogP contribution in [0.1, 0.15) is 16.8 Å². The highest BCUT2D eigenvalue weighted by Gasteiger charge is 2.09. The zero-order chi connectivity index (χ0) is 20.9. The lowest BCUT2D eigenvalue weighted by molar-refractivity contribution is 0.354. The second-order valence-electron chi connectivity index (χ2n) is 6.48. The van der Waals surface area contributed by atoms with Gasteiger partial charge < -0.3 is 14.5 Å². The fraction of sp³-hybridized carbons (Fsp3) is 0.143. The summed E-state index contributed by atoms with van der Waals surface area (Å²) in [5.74, 6) is 1.37. The second-order valence-corrected chi connectivity index (χ2v) is 6.48. The number of ether oxygens (including phenoxy) is 2. The number of rotatable bonds is 7. The molecule has 9 nitrogen and oxygen atoms in total. The molecule has 0 amide bonds. The van der Waals surface area contributed by atoms with Gasteiger partial charge >= 0.3 is 0 Å². The van der Waals surface area contributed by atoms with E-state index in [0.717, 1.165) is 22.0 Å². The summed E-state index contributed by atoms with van der Waals surface area (Å²) in [5.41, 5.74) is 5.43. The molecule has 4 aromatic rings. The van der Waals surface area contributed by atoms with Crippen LogP contribution in [0.15, 0.2) is 58.6 Å². The third-order valence-corrected chi connectivity index (χ3v) is 4.58. The molecule has 0 saturated heterocycles. The number of aromatic nitrogens is 4. The highest BCUT2D eigenvalue weighted by atomic mass is 16.5. The van der Waals surface area contributed by atoms with Crippen LogP contribution in [0.3, 0.4) is 0 Å². The van der Waals surface area contributed by atoms with Crippen molar-refractivity contribution in [2.24, 2.45) is 5.10 Å².